The highest BCUT2D eigenvalue weighted by Crippen LogP contribution is 2.55. The van der Waals surface area contributed by atoms with Crippen molar-refractivity contribution in [3.8, 4) is 0 Å². The van der Waals surface area contributed by atoms with Crippen molar-refractivity contribution in [2.75, 3.05) is 19.7 Å². The van der Waals surface area contributed by atoms with Gasteiger partial charge in [0.2, 0.25) is 10.0 Å². The summed E-state index contributed by atoms with van der Waals surface area (Å²) in [4.78, 5) is 13.5. The van der Waals surface area contributed by atoms with Gasteiger partial charge in [-0.2, -0.15) is 4.31 Å². The fraction of sp³-hybridized carbons (Fsp3) is 0.423. The lowest BCUT2D eigenvalue weighted by Crippen LogP contribution is -2.43. The second-order valence-corrected chi connectivity index (χ2v) is 11.5. The van der Waals surface area contributed by atoms with E-state index < -0.39 is 20.9 Å². The molecule has 1 aliphatic heterocycles. The van der Waals surface area contributed by atoms with Crippen molar-refractivity contribution < 1.29 is 17.9 Å². The molecule has 2 bridgehead atoms. The smallest absolute Gasteiger partial charge is 0.243 e. The van der Waals surface area contributed by atoms with E-state index in [2.05, 4.69) is 6.58 Å². The van der Waals surface area contributed by atoms with Crippen molar-refractivity contribution in [2.24, 2.45) is 10.8 Å². The van der Waals surface area contributed by atoms with Crippen molar-refractivity contribution in [2.45, 2.75) is 44.6 Å². The maximum Gasteiger partial charge on any atom is 0.243 e. The van der Waals surface area contributed by atoms with Crippen LogP contribution >= 0.6 is 0 Å². The fourth-order valence-electron chi connectivity index (χ4n) is 5.19. The van der Waals surface area contributed by atoms with Crippen LogP contribution in [-0.4, -0.2) is 38.2 Å². The molecule has 5 nitrogen and oxygen atoms in total. The van der Waals surface area contributed by atoms with Crippen LogP contribution in [0.3, 0.4) is 0 Å². The first-order valence-electron chi connectivity index (χ1n) is 11.0. The molecule has 6 heteroatoms. The average Bonchev–Trinajstić information content (AvgIpc) is 2.92. The summed E-state index contributed by atoms with van der Waals surface area (Å²) in [6, 6.07) is 16.8. The van der Waals surface area contributed by atoms with Gasteiger partial charge in [-0.25, -0.2) is 8.42 Å². The molecule has 1 heterocycles. The first-order valence-corrected chi connectivity index (χ1v) is 12.5. The van der Waals surface area contributed by atoms with Crippen molar-refractivity contribution in [1.82, 2.24) is 4.31 Å². The summed E-state index contributed by atoms with van der Waals surface area (Å²) in [5.74, 6) is 0.167. The molecule has 0 aromatic heterocycles. The van der Waals surface area contributed by atoms with E-state index in [1.807, 2.05) is 56.3 Å². The zero-order valence-corrected chi connectivity index (χ0v) is 19.7. The Hall–Kier alpha value is -2.28. The van der Waals surface area contributed by atoms with E-state index in [9.17, 15) is 13.2 Å². The summed E-state index contributed by atoms with van der Waals surface area (Å²) >= 11 is 0. The van der Waals surface area contributed by atoms with Crippen LogP contribution in [0.4, 0.5) is 0 Å². The highest BCUT2D eigenvalue weighted by Gasteiger charge is 2.58. The van der Waals surface area contributed by atoms with Crippen LogP contribution in [0.25, 0.3) is 0 Å². The lowest BCUT2D eigenvalue weighted by atomic mass is 9.74. The van der Waals surface area contributed by atoms with Crippen LogP contribution in [0.15, 0.2) is 71.6 Å². The summed E-state index contributed by atoms with van der Waals surface area (Å²) in [6.45, 7) is 9.30. The van der Waals surface area contributed by atoms with Gasteiger partial charge >= 0.3 is 0 Å². The third-order valence-corrected chi connectivity index (χ3v) is 8.90. The van der Waals surface area contributed by atoms with Crippen LogP contribution in [0.5, 0.6) is 0 Å². The Morgan fingerprint density at radius 3 is 2.47 bits per heavy atom. The van der Waals surface area contributed by atoms with E-state index in [1.165, 1.54) is 0 Å². The maximum absolute atomic E-state index is 13.5. The van der Waals surface area contributed by atoms with Crippen molar-refractivity contribution in [1.29, 1.82) is 0 Å². The van der Waals surface area contributed by atoms with Gasteiger partial charge in [-0.15, -0.1) is 0 Å². The number of ether oxygens (including phenoxy) is 1. The zero-order chi connectivity index (χ0) is 23.0. The Morgan fingerprint density at radius 1 is 1.12 bits per heavy atom. The number of fused-ring (bicyclic) bond motifs is 2. The molecule has 0 radical (unpaired) electrons. The normalized spacial score (nSPS) is 26.1. The van der Waals surface area contributed by atoms with E-state index in [-0.39, 0.29) is 17.2 Å². The van der Waals surface area contributed by atoms with Gasteiger partial charge in [0.05, 0.1) is 23.5 Å². The monoisotopic (exact) mass is 453 g/mol. The molecule has 170 valence electrons. The first kappa shape index (κ1) is 22.9. The second kappa shape index (κ2) is 8.58. The van der Waals surface area contributed by atoms with E-state index >= 15 is 0 Å². The number of rotatable bonds is 7. The Bertz CT molecular complexity index is 1110. The molecule has 32 heavy (non-hydrogen) atoms. The van der Waals surface area contributed by atoms with Gasteiger partial charge in [-0.1, -0.05) is 60.2 Å². The van der Waals surface area contributed by atoms with Gasteiger partial charge in [0.1, 0.15) is 5.78 Å². The summed E-state index contributed by atoms with van der Waals surface area (Å²) in [5, 5.41) is 0. The minimum absolute atomic E-state index is 0.167. The Labute approximate surface area is 191 Å². The van der Waals surface area contributed by atoms with Gasteiger partial charge in [0.15, 0.2) is 0 Å². The summed E-state index contributed by atoms with van der Waals surface area (Å²) in [7, 11) is -3.67. The molecule has 0 N–H and O–H groups in total. The van der Waals surface area contributed by atoms with Crippen LogP contribution < -0.4 is 0 Å². The molecule has 2 atom stereocenters. The highest BCUT2D eigenvalue weighted by atomic mass is 32.2. The minimum atomic E-state index is -3.67. The molecule has 2 aromatic rings. The molecule has 1 saturated heterocycles. The molecule has 2 aliphatic rings. The largest absolute Gasteiger partial charge is 0.376 e. The number of hydrogen-bond donors (Lipinski definition) is 0. The SMILES string of the molecule is C=C(C)[C@]12CCN(S(=O)(=O)c3ccc(C)cc3)C[C@](COCc3ccccc3)(CC1=O)C2. The number of benzene rings is 2. The Balaban J connectivity index is 1.62. The molecule has 1 saturated carbocycles. The fourth-order valence-corrected chi connectivity index (χ4v) is 6.75. The maximum atomic E-state index is 13.5. The van der Waals surface area contributed by atoms with E-state index in [1.54, 1.807) is 16.4 Å². The summed E-state index contributed by atoms with van der Waals surface area (Å²) in [5.41, 5.74) is 1.66. The van der Waals surface area contributed by atoms with Gasteiger partial charge in [-0.3, -0.25) is 4.79 Å². The number of allylic oxidation sites excluding steroid dienone is 1. The second-order valence-electron chi connectivity index (χ2n) is 9.52. The van der Waals surface area contributed by atoms with Crippen LogP contribution in [-0.2, 0) is 26.2 Å². The molecule has 2 fully saturated rings. The van der Waals surface area contributed by atoms with Gasteiger partial charge < -0.3 is 4.74 Å². The van der Waals surface area contributed by atoms with Crippen molar-refractivity contribution in [3.05, 3.63) is 77.9 Å². The highest BCUT2D eigenvalue weighted by molar-refractivity contribution is 7.89. The third kappa shape index (κ3) is 4.19. The lowest BCUT2D eigenvalue weighted by Gasteiger charge is -2.33. The first-order chi connectivity index (χ1) is 15.2. The number of nitrogens with zero attached hydrogens (tertiary/aromatic N) is 1. The summed E-state index contributed by atoms with van der Waals surface area (Å²) < 4.78 is 34.6. The van der Waals surface area contributed by atoms with Crippen LogP contribution in [0.1, 0.15) is 37.3 Å². The summed E-state index contributed by atoms with van der Waals surface area (Å²) in [6.07, 6.45) is 1.37. The number of Topliss-reactive ketones (excluding diaryl/α,β-unsaturated/α-hetero) is 1. The predicted octanol–water partition coefficient (Wildman–Crippen LogP) is 4.52. The lowest BCUT2D eigenvalue weighted by molar-refractivity contribution is -0.125. The topological polar surface area (TPSA) is 63.7 Å². The molecule has 0 spiro atoms. The standard InChI is InChI=1S/C26H31NO4S/c1-20(2)26-13-14-27(32(29,30)23-11-9-21(3)10-12-23)18-25(17-26,15-24(26)28)19-31-16-22-7-5-4-6-8-22/h4-12H,1,13-19H2,2-3H3/t25-,26+/m0/s1. The molecule has 4 rings (SSSR count). The number of carbonyl (C=O) groups is 1. The van der Waals surface area contributed by atoms with Gasteiger partial charge in [0, 0.05) is 24.9 Å². The van der Waals surface area contributed by atoms with Gasteiger partial charge in [-0.05, 0) is 44.4 Å². The molecular formula is C26H31NO4S. The molecule has 0 unspecified atom stereocenters. The van der Waals surface area contributed by atoms with Gasteiger partial charge in [0.25, 0.3) is 0 Å². The van der Waals surface area contributed by atoms with Crippen LogP contribution in [0, 0.1) is 17.8 Å². The minimum Gasteiger partial charge on any atom is -0.376 e. The average molecular weight is 454 g/mol. The number of aryl methyl sites for hydroxylation is 1. The van der Waals surface area contributed by atoms with Crippen LogP contribution in [0.2, 0.25) is 0 Å². The quantitative estimate of drug-likeness (QED) is 0.579. The molecule has 2 aromatic carbocycles. The number of hydrogen-bond acceptors (Lipinski definition) is 4. The predicted molar refractivity (Wildman–Crippen MR) is 125 cm³/mol. The van der Waals surface area contributed by atoms with Crippen molar-refractivity contribution >= 4 is 15.8 Å². The number of carbonyl (C=O) groups excluding carboxylic acids is 1. The Kier molecular flexibility index (Phi) is 6.14. The number of sulfonamides is 1. The number of ketones is 1. The third-order valence-electron chi connectivity index (χ3n) is 7.04. The van der Waals surface area contributed by atoms with E-state index in [4.69, 9.17) is 4.74 Å². The van der Waals surface area contributed by atoms with Crippen molar-refractivity contribution in [3.63, 3.8) is 0 Å². The molecular weight excluding hydrogens is 422 g/mol. The van der Waals surface area contributed by atoms with E-state index in [0.717, 1.165) is 16.7 Å². The van der Waals surface area contributed by atoms with E-state index in [0.29, 0.717) is 39.0 Å². The zero-order valence-electron chi connectivity index (χ0n) is 18.8. The Morgan fingerprint density at radius 2 is 1.81 bits per heavy atom. The molecule has 1 aliphatic carbocycles. The molecule has 0 amide bonds.